The highest BCUT2D eigenvalue weighted by Crippen LogP contribution is 2.26. The van der Waals surface area contributed by atoms with Gasteiger partial charge in [-0.1, -0.05) is 6.07 Å². The number of oxazole rings is 1. The molecular weight excluding hydrogens is 306 g/mol. The molecule has 2 aromatic rings. The summed E-state index contributed by atoms with van der Waals surface area (Å²) in [5.74, 6) is -2.16. The van der Waals surface area contributed by atoms with E-state index < -0.39 is 11.6 Å². The Morgan fingerprint density at radius 3 is 2.87 bits per heavy atom. The van der Waals surface area contributed by atoms with Crippen molar-refractivity contribution in [3.05, 3.63) is 41.8 Å². The number of benzene rings is 1. The third-order valence-corrected chi connectivity index (χ3v) is 3.73. The summed E-state index contributed by atoms with van der Waals surface area (Å²) in [4.78, 5) is 17.9. The van der Waals surface area contributed by atoms with Crippen LogP contribution in [0.1, 0.15) is 23.8 Å². The van der Waals surface area contributed by atoms with Crippen molar-refractivity contribution in [1.82, 2.24) is 9.88 Å². The van der Waals surface area contributed by atoms with Crippen LogP contribution < -0.4 is 0 Å². The van der Waals surface area contributed by atoms with Gasteiger partial charge in [0.15, 0.2) is 5.69 Å². The van der Waals surface area contributed by atoms with Crippen molar-refractivity contribution in [2.75, 3.05) is 19.7 Å². The van der Waals surface area contributed by atoms with Gasteiger partial charge in [0.1, 0.15) is 23.5 Å². The van der Waals surface area contributed by atoms with Crippen LogP contribution >= 0.6 is 0 Å². The molecule has 1 aliphatic rings. The lowest BCUT2D eigenvalue weighted by molar-refractivity contribution is 0.0595. The van der Waals surface area contributed by atoms with E-state index in [-0.39, 0.29) is 29.2 Å². The minimum Gasteiger partial charge on any atom is -0.443 e. The first-order valence-corrected chi connectivity index (χ1v) is 7.41. The maximum Gasteiger partial charge on any atom is 0.275 e. The monoisotopic (exact) mass is 322 g/mol. The first-order valence-electron chi connectivity index (χ1n) is 7.41. The van der Waals surface area contributed by atoms with E-state index in [1.165, 1.54) is 6.07 Å². The molecule has 2 heterocycles. The number of rotatable bonds is 4. The average molecular weight is 322 g/mol. The van der Waals surface area contributed by atoms with Crippen LogP contribution in [0.3, 0.4) is 0 Å². The Bertz CT molecular complexity index is 697. The van der Waals surface area contributed by atoms with Gasteiger partial charge in [0, 0.05) is 19.7 Å². The number of nitrogens with zero attached hydrogens (tertiary/aromatic N) is 2. The van der Waals surface area contributed by atoms with Crippen LogP contribution in [0.25, 0.3) is 11.5 Å². The van der Waals surface area contributed by atoms with E-state index in [4.69, 9.17) is 9.15 Å². The van der Waals surface area contributed by atoms with Crippen LogP contribution in [0.15, 0.2) is 28.9 Å². The molecule has 1 atom stereocenters. The summed E-state index contributed by atoms with van der Waals surface area (Å²) >= 11 is 0. The Balaban J connectivity index is 1.78. The lowest BCUT2D eigenvalue weighted by Gasteiger charge is -2.14. The van der Waals surface area contributed by atoms with Gasteiger partial charge in [-0.15, -0.1) is 0 Å². The molecule has 1 aromatic carbocycles. The molecule has 0 spiro atoms. The zero-order chi connectivity index (χ0) is 16.4. The van der Waals surface area contributed by atoms with Crippen LogP contribution in [-0.4, -0.2) is 41.6 Å². The maximum absolute atomic E-state index is 13.7. The van der Waals surface area contributed by atoms with Crippen molar-refractivity contribution in [3.63, 3.8) is 0 Å². The molecule has 1 saturated heterocycles. The predicted molar refractivity (Wildman–Crippen MR) is 77.8 cm³/mol. The summed E-state index contributed by atoms with van der Waals surface area (Å²) in [6, 6.07) is 3.47. The molecule has 3 rings (SSSR count). The van der Waals surface area contributed by atoms with E-state index in [2.05, 4.69) is 4.98 Å². The van der Waals surface area contributed by atoms with Gasteiger partial charge in [0.25, 0.3) is 5.91 Å². The molecule has 122 valence electrons. The van der Waals surface area contributed by atoms with Gasteiger partial charge in [0.2, 0.25) is 5.89 Å². The number of aromatic nitrogens is 1. The Morgan fingerprint density at radius 2 is 2.17 bits per heavy atom. The third-order valence-electron chi connectivity index (χ3n) is 3.73. The summed E-state index contributed by atoms with van der Waals surface area (Å²) in [7, 11) is 0. The molecule has 7 heteroatoms. The highest BCUT2D eigenvalue weighted by atomic mass is 19.1. The van der Waals surface area contributed by atoms with Crippen molar-refractivity contribution in [3.8, 4) is 11.5 Å². The minimum absolute atomic E-state index is 0.0133. The minimum atomic E-state index is -0.788. The number of carbonyl (C=O) groups excluding carboxylic acids is 1. The SMILES string of the molecule is CCO[C@H]1CCN(C(=O)c2coc(-c3c(F)cccc3F)n2)C1. The Morgan fingerprint density at radius 1 is 1.43 bits per heavy atom. The Labute approximate surface area is 131 Å². The van der Waals surface area contributed by atoms with E-state index in [0.29, 0.717) is 19.7 Å². The van der Waals surface area contributed by atoms with Crippen LogP contribution in [0.4, 0.5) is 8.78 Å². The first-order chi connectivity index (χ1) is 11.1. The van der Waals surface area contributed by atoms with Gasteiger partial charge in [-0.05, 0) is 25.5 Å². The number of amides is 1. The quantitative estimate of drug-likeness (QED) is 0.868. The fraction of sp³-hybridized carbons (Fsp3) is 0.375. The summed E-state index contributed by atoms with van der Waals surface area (Å²) in [5, 5.41) is 0. The average Bonchev–Trinajstić information content (AvgIpc) is 3.16. The van der Waals surface area contributed by atoms with Gasteiger partial charge in [-0.3, -0.25) is 4.79 Å². The zero-order valence-electron chi connectivity index (χ0n) is 12.6. The molecule has 0 saturated carbocycles. The van der Waals surface area contributed by atoms with Crippen molar-refractivity contribution >= 4 is 5.91 Å². The van der Waals surface area contributed by atoms with Gasteiger partial charge in [-0.2, -0.15) is 0 Å². The second-order valence-electron chi connectivity index (χ2n) is 5.25. The van der Waals surface area contributed by atoms with E-state index in [9.17, 15) is 13.6 Å². The molecule has 0 aliphatic carbocycles. The summed E-state index contributed by atoms with van der Waals surface area (Å²) in [6.07, 6.45) is 1.89. The van der Waals surface area contributed by atoms with Crippen LogP contribution in [0, 0.1) is 11.6 Å². The number of hydrogen-bond acceptors (Lipinski definition) is 4. The fourth-order valence-electron chi connectivity index (χ4n) is 2.64. The molecule has 5 nitrogen and oxygen atoms in total. The first kappa shape index (κ1) is 15.6. The van der Waals surface area contributed by atoms with E-state index in [1.54, 1.807) is 4.90 Å². The van der Waals surface area contributed by atoms with E-state index in [1.807, 2.05) is 6.92 Å². The molecule has 1 fully saturated rings. The van der Waals surface area contributed by atoms with Crippen LogP contribution in [-0.2, 0) is 4.74 Å². The van der Waals surface area contributed by atoms with Gasteiger partial charge in [0.05, 0.1) is 6.10 Å². The molecule has 0 N–H and O–H groups in total. The number of hydrogen-bond donors (Lipinski definition) is 0. The largest absolute Gasteiger partial charge is 0.443 e. The molecule has 1 amide bonds. The van der Waals surface area contributed by atoms with Crippen LogP contribution in [0.5, 0.6) is 0 Å². The standard InChI is InChI=1S/C16H16F2N2O3/c1-2-22-10-6-7-20(8-10)16(21)13-9-23-15(19-13)14-11(17)4-3-5-12(14)18/h3-5,9-10H,2,6-8H2,1H3/t10-/m0/s1. The fourth-order valence-corrected chi connectivity index (χ4v) is 2.64. The molecule has 23 heavy (non-hydrogen) atoms. The zero-order valence-corrected chi connectivity index (χ0v) is 12.6. The van der Waals surface area contributed by atoms with Crippen LogP contribution in [0.2, 0.25) is 0 Å². The molecule has 0 unspecified atom stereocenters. The normalized spacial score (nSPS) is 17.7. The molecule has 1 aliphatic heterocycles. The van der Waals surface area contributed by atoms with Gasteiger partial charge in [-0.25, -0.2) is 13.8 Å². The summed E-state index contributed by atoms with van der Waals surface area (Å²) in [6.45, 7) is 3.52. The van der Waals surface area contributed by atoms with Crippen molar-refractivity contribution in [1.29, 1.82) is 0 Å². The maximum atomic E-state index is 13.7. The smallest absolute Gasteiger partial charge is 0.275 e. The predicted octanol–water partition coefficient (Wildman–Crippen LogP) is 2.87. The van der Waals surface area contributed by atoms with Crippen molar-refractivity contribution in [2.24, 2.45) is 0 Å². The van der Waals surface area contributed by atoms with Crippen molar-refractivity contribution < 1.29 is 22.7 Å². The number of carbonyl (C=O) groups is 1. The highest BCUT2D eigenvalue weighted by molar-refractivity contribution is 5.92. The molecule has 0 bridgehead atoms. The second kappa shape index (κ2) is 6.45. The summed E-state index contributed by atoms with van der Waals surface area (Å²) in [5.41, 5.74) is -0.347. The lowest BCUT2D eigenvalue weighted by Crippen LogP contribution is -2.30. The highest BCUT2D eigenvalue weighted by Gasteiger charge is 2.29. The topological polar surface area (TPSA) is 55.6 Å². The molecule has 1 aromatic heterocycles. The molecule has 0 radical (unpaired) electrons. The summed E-state index contributed by atoms with van der Waals surface area (Å²) < 4.78 is 38.0. The second-order valence-corrected chi connectivity index (χ2v) is 5.25. The number of halogens is 2. The molecular formula is C16H16F2N2O3. The third kappa shape index (κ3) is 3.10. The lowest BCUT2D eigenvalue weighted by atomic mass is 10.2. The number of ether oxygens (including phenoxy) is 1. The van der Waals surface area contributed by atoms with Gasteiger partial charge < -0.3 is 14.1 Å². The number of likely N-dealkylation sites (tertiary alicyclic amines) is 1. The Kier molecular flexibility index (Phi) is 4.38. The van der Waals surface area contributed by atoms with Gasteiger partial charge >= 0.3 is 0 Å². The van der Waals surface area contributed by atoms with Crippen molar-refractivity contribution in [2.45, 2.75) is 19.4 Å². The van der Waals surface area contributed by atoms with E-state index >= 15 is 0 Å². The van der Waals surface area contributed by atoms with E-state index in [0.717, 1.165) is 24.8 Å². The Hall–Kier alpha value is -2.28.